The zero-order valence-corrected chi connectivity index (χ0v) is 16.0. The number of carbonyl (C=O) groups excluding carboxylic acids is 2. The van der Waals surface area contributed by atoms with E-state index in [0.29, 0.717) is 11.4 Å². The van der Waals surface area contributed by atoms with Crippen molar-refractivity contribution in [3.8, 4) is 0 Å². The molecule has 0 saturated carbocycles. The fourth-order valence-corrected chi connectivity index (χ4v) is 2.77. The third-order valence-corrected chi connectivity index (χ3v) is 4.37. The second-order valence-corrected chi connectivity index (χ2v) is 6.56. The van der Waals surface area contributed by atoms with Gasteiger partial charge in [0.15, 0.2) is 0 Å². The summed E-state index contributed by atoms with van der Waals surface area (Å²) in [6.45, 7) is 1.66. The monoisotopic (exact) mass is 412 g/mol. The van der Waals surface area contributed by atoms with Crippen LogP contribution >= 0.6 is 11.6 Å². The number of aryl methyl sites for hydroxylation is 1. The number of nitrogens with zero attached hydrogens (tertiary/aromatic N) is 1. The van der Waals surface area contributed by atoms with Gasteiger partial charge in [0.05, 0.1) is 17.8 Å². The molecule has 0 bridgehead atoms. The Morgan fingerprint density at radius 1 is 1.07 bits per heavy atom. The standard InChI is InChI=1S/C20H20ClF3N2O2/c1-2-26(19(28)12-9-14-7-10-15(21)11-8-14)13-18(27)25-17-6-4-3-5-16(17)20(22,23)24/h3-8,10-11H,2,9,12-13H2,1H3,(H,25,27). The van der Waals surface area contributed by atoms with Crippen LogP contribution in [-0.4, -0.2) is 29.8 Å². The SMILES string of the molecule is CCN(CC(=O)Nc1ccccc1C(F)(F)F)C(=O)CCc1ccc(Cl)cc1. The van der Waals surface area contributed by atoms with Gasteiger partial charge in [0.1, 0.15) is 0 Å². The van der Waals surface area contributed by atoms with E-state index in [1.54, 1.807) is 19.1 Å². The Hall–Kier alpha value is -2.54. The van der Waals surface area contributed by atoms with Gasteiger partial charge in [0.25, 0.3) is 0 Å². The van der Waals surface area contributed by atoms with Gasteiger partial charge in [0.2, 0.25) is 11.8 Å². The van der Waals surface area contributed by atoms with Crippen molar-refractivity contribution >= 4 is 29.1 Å². The quantitative estimate of drug-likeness (QED) is 0.711. The van der Waals surface area contributed by atoms with E-state index in [0.717, 1.165) is 11.6 Å². The number of hydrogen-bond acceptors (Lipinski definition) is 2. The van der Waals surface area contributed by atoms with Crippen LogP contribution in [0.5, 0.6) is 0 Å². The maximum absolute atomic E-state index is 13.0. The predicted molar refractivity (Wildman–Crippen MR) is 102 cm³/mol. The number of alkyl halides is 3. The highest BCUT2D eigenvalue weighted by Gasteiger charge is 2.33. The molecule has 0 heterocycles. The van der Waals surface area contributed by atoms with Gasteiger partial charge < -0.3 is 10.2 Å². The van der Waals surface area contributed by atoms with Gasteiger partial charge in [-0.3, -0.25) is 9.59 Å². The summed E-state index contributed by atoms with van der Waals surface area (Å²) in [5, 5.41) is 2.85. The summed E-state index contributed by atoms with van der Waals surface area (Å²) < 4.78 is 39.1. The van der Waals surface area contributed by atoms with Crippen LogP contribution in [0, 0.1) is 0 Å². The lowest BCUT2D eigenvalue weighted by atomic mass is 10.1. The molecule has 0 atom stereocenters. The summed E-state index contributed by atoms with van der Waals surface area (Å²) in [7, 11) is 0. The van der Waals surface area contributed by atoms with Crippen LogP contribution in [0.25, 0.3) is 0 Å². The molecule has 2 rings (SSSR count). The number of rotatable bonds is 7. The van der Waals surface area contributed by atoms with E-state index in [-0.39, 0.29) is 31.1 Å². The summed E-state index contributed by atoms with van der Waals surface area (Å²) >= 11 is 5.82. The molecule has 8 heteroatoms. The molecule has 0 radical (unpaired) electrons. The zero-order valence-electron chi connectivity index (χ0n) is 15.2. The van der Waals surface area contributed by atoms with E-state index in [2.05, 4.69) is 5.32 Å². The van der Waals surface area contributed by atoms with E-state index in [9.17, 15) is 22.8 Å². The van der Waals surface area contributed by atoms with Crippen molar-refractivity contribution in [2.24, 2.45) is 0 Å². The van der Waals surface area contributed by atoms with Gasteiger partial charge in [-0.2, -0.15) is 13.2 Å². The Bertz CT molecular complexity index is 823. The first-order valence-electron chi connectivity index (χ1n) is 8.69. The smallest absolute Gasteiger partial charge is 0.334 e. The Balaban J connectivity index is 1.95. The van der Waals surface area contributed by atoms with Crippen molar-refractivity contribution in [3.63, 3.8) is 0 Å². The molecule has 150 valence electrons. The fourth-order valence-electron chi connectivity index (χ4n) is 2.64. The van der Waals surface area contributed by atoms with Gasteiger partial charge in [-0.1, -0.05) is 35.9 Å². The fraction of sp³-hybridized carbons (Fsp3) is 0.300. The van der Waals surface area contributed by atoms with Crippen LogP contribution in [0.4, 0.5) is 18.9 Å². The molecule has 2 aromatic carbocycles. The highest BCUT2D eigenvalue weighted by molar-refractivity contribution is 6.30. The van der Waals surface area contributed by atoms with Gasteiger partial charge in [-0.25, -0.2) is 0 Å². The molecule has 1 N–H and O–H groups in total. The van der Waals surface area contributed by atoms with Crippen LogP contribution in [0.2, 0.25) is 5.02 Å². The number of halogens is 4. The number of likely N-dealkylation sites (N-methyl/N-ethyl adjacent to an activating group) is 1. The van der Waals surface area contributed by atoms with Crippen molar-refractivity contribution < 1.29 is 22.8 Å². The van der Waals surface area contributed by atoms with Crippen molar-refractivity contribution in [3.05, 3.63) is 64.7 Å². The minimum absolute atomic E-state index is 0.182. The third-order valence-electron chi connectivity index (χ3n) is 4.12. The van der Waals surface area contributed by atoms with Gasteiger partial charge in [0, 0.05) is 18.0 Å². The summed E-state index contributed by atoms with van der Waals surface area (Å²) in [4.78, 5) is 25.9. The zero-order chi connectivity index (χ0) is 20.7. The van der Waals surface area contributed by atoms with E-state index in [1.165, 1.54) is 23.1 Å². The first kappa shape index (κ1) is 21.8. The minimum Gasteiger partial charge on any atom is -0.334 e. The van der Waals surface area contributed by atoms with E-state index in [1.807, 2.05) is 12.1 Å². The number of para-hydroxylation sites is 1. The van der Waals surface area contributed by atoms with Crippen molar-refractivity contribution in [2.45, 2.75) is 25.9 Å². The highest BCUT2D eigenvalue weighted by atomic mass is 35.5. The van der Waals surface area contributed by atoms with Gasteiger partial charge in [-0.05, 0) is 43.2 Å². The second-order valence-electron chi connectivity index (χ2n) is 6.13. The molecule has 2 aromatic rings. The van der Waals surface area contributed by atoms with Crippen LogP contribution in [0.15, 0.2) is 48.5 Å². The molecule has 0 aliphatic heterocycles. The van der Waals surface area contributed by atoms with Crippen molar-refractivity contribution in [1.82, 2.24) is 4.90 Å². The first-order chi connectivity index (χ1) is 13.2. The Morgan fingerprint density at radius 3 is 2.32 bits per heavy atom. The Kier molecular flexibility index (Phi) is 7.45. The van der Waals surface area contributed by atoms with E-state index >= 15 is 0 Å². The maximum atomic E-state index is 13.0. The highest BCUT2D eigenvalue weighted by Crippen LogP contribution is 2.34. The van der Waals surface area contributed by atoms with Crippen molar-refractivity contribution in [2.75, 3.05) is 18.4 Å². The van der Waals surface area contributed by atoms with Crippen LogP contribution in [0.1, 0.15) is 24.5 Å². The maximum Gasteiger partial charge on any atom is 0.418 e. The molecule has 0 spiro atoms. The van der Waals surface area contributed by atoms with E-state index in [4.69, 9.17) is 11.6 Å². The second kappa shape index (κ2) is 9.59. The first-order valence-corrected chi connectivity index (χ1v) is 9.06. The number of carbonyl (C=O) groups is 2. The molecular weight excluding hydrogens is 393 g/mol. The molecule has 0 aromatic heterocycles. The number of benzene rings is 2. The summed E-state index contributed by atoms with van der Waals surface area (Å²) in [6.07, 6.45) is -3.92. The predicted octanol–water partition coefficient (Wildman–Crippen LogP) is 4.78. The topological polar surface area (TPSA) is 49.4 Å². The average molecular weight is 413 g/mol. The van der Waals surface area contributed by atoms with Crippen LogP contribution in [-0.2, 0) is 22.2 Å². The van der Waals surface area contributed by atoms with Crippen molar-refractivity contribution in [1.29, 1.82) is 0 Å². The normalized spacial score (nSPS) is 11.2. The van der Waals surface area contributed by atoms with Gasteiger partial charge >= 0.3 is 6.18 Å². The molecule has 4 nitrogen and oxygen atoms in total. The summed E-state index contributed by atoms with van der Waals surface area (Å²) in [5.74, 6) is -0.935. The molecule has 28 heavy (non-hydrogen) atoms. The molecule has 2 amide bonds. The summed E-state index contributed by atoms with van der Waals surface area (Å²) in [5.41, 5.74) is -0.331. The number of hydrogen-bond donors (Lipinski definition) is 1. The lowest BCUT2D eigenvalue weighted by Crippen LogP contribution is -2.38. The van der Waals surface area contributed by atoms with Crippen LogP contribution in [0.3, 0.4) is 0 Å². The lowest BCUT2D eigenvalue weighted by molar-refractivity contribution is -0.137. The molecule has 0 aliphatic carbocycles. The largest absolute Gasteiger partial charge is 0.418 e. The Morgan fingerprint density at radius 2 is 1.71 bits per heavy atom. The number of nitrogens with one attached hydrogen (secondary N) is 1. The molecule has 0 aliphatic rings. The molecule has 0 fully saturated rings. The summed E-state index contributed by atoms with van der Waals surface area (Å²) in [6, 6.07) is 11.8. The minimum atomic E-state index is -4.58. The molecule has 0 unspecified atom stereocenters. The van der Waals surface area contributed by atoms with E-state index < -0.39 is 17.6 Å². The molecule has 0 saturated heterocycles. The van der Waals surface area contributed by atoms with Gasteiger partial charge in [-0.15, -0.1) is 0 Å². The number of anilines is 1. The number of amides is 2. The third kappa shape index (κ3) is 6.27. The molecular formula is C20H20ClF3N2O2. The Labute approximate surface area is 166 Å². The van der Waals surface area contributed by atoms with Crippen LogP contribution < -0.4 is 5.32 Å². The average Bonchev–Trinajstić information content (AvgIpc) is 2.65. The lowest BCUT2D eigenvalue weighted by Gasteiger charge is -2.21.